The summed E-state index contributed by atoms with van der Waals surface area (Å²) in [6.07, 6.45) is 0.963. The smallest absolute Gasteiger partial charge is 0.276 e. The number of nitrogens with zero attached hydrogens (tertiary/aromatic N) is 3. The maximum Gasteiger partial charge on any atom is 0.276 e. The molecule has 0 aliphatic rings. The Morgan fingerprint density at radius 2 is 1.95 bits per heavy atom. The quantitative estimate of drug-likeness (QED) is 0.920. The highest BCUT2D eigenvalue weighted by molar-refractivity contribution is 6.04. The zero-order valence-electron chi connectivity index (χ0n) is 13.5. The fraction of sp³-hybridized carbons (Fsp3) is 0.353. The SMILES string of the molecule is CCC(C)Nc1nc(C)cc(C(=O)N(C)c2ccccc2)n1. The van der Waals surface area contributed by atoms with Gasteiger partial charge >= 0.3 is 0 Å². The van der Waals surface area contributed by atoms with E-state index in [0.717, 1.165) is 17.8 Å². The van der Waals surface area contributed by atoms with E-state index in [9.17, 15) is 4.79 Å². The second kappa shape index (κ2) is 7.02. The Morgan fingerprint density at radius 3 is 2.59 bits per heavy atom. The number of carbonyl (C=O) groups excluding carboxylic acids is 1. The number of nitrogens with one attached hydrogen (secondary N) is 1. The van der Waals surface area contributed by atoms with E-state index in [1.165, 1.54) is 0 Å². The molecule has 0 fully saturated rings. The third-order valence-electron chi connectivity index (χ3n) is 3.51. The first-order valence-corrected chi connectivity index (χ1v) is 7.46. The highest BCUT2D eigenvalue weighted by Gasteiger charge is 2.17. The number of anilines is 2. The summed E-state index contributed by atoms with van der Waals surface area (Å²) in [5, 5.41) is 3.21. The van der Waals surface area contributed by atoms with Crippen molar-refractivity contribution in [3.05, 3.63) is 47.8 Å². The van der Waals surface area contributed by atoms with Crippen LogP contribution in [0.4, 0.5) is 11.6 Å². The molecule has 0 bridgehead atoms. The number of benzene rings is 1. The van der Waals surface area contributed by atoms with Gasteiger partial charge in [-0.15, -0.1) is 0 Å². The van der Waals surface area contributed by atoms with Crippen molar-refractivity contribution < 1.29 is 4.79 Å². The fourth-order valence-electron chi connectivity index (χ4n) is 2.01. The lowest BCUT2D eigenvalue weighted by molar-refractivity contribution is 0.0988. The van der Waals surface area contributed by atoms with Crippen LogP contribution in [0.2, 0.25) is 0 Å². The largest absolute Gasteiger partial charge is 0.352 e. The van der Waals surface area contributed by atoms with Gasteiger partial charge < -0.3 is 10.2 Å². The van der Waals surface area contributed by atoms with Crippen molar-refractivity contribution in [2.45, 2.75) is 33.2 Å². The monoisotopic (exact) mass is 298 g/mol. The molecule has 1 atom stereocenters. The molecule has 0 aliphatic carbocycles. The van der Waals surface area contributed by atoms with Crippen LogP contribution in [-0.2, 0) is 0 Å². The molecule has 1 aromatic carbocycles. The number of aryl methyl sites for hydroxylation is 1. The Hall–Kier alpha value is -2.43. The van der Waals surface area contributed by atoms with Crippen LogP contribution in [0.5, 0.6) is 0 Å². The molecule has 5 nitrogen and oxygen atoms in total. The predicted molar refractivity (Wildman–Crippen MR) is 89.3 cm³/mol. The molecule has 2 rings (SSSR count). The zero-order valence-corrected chi connectivity index (χ0v) is 13.5. The topological polar surface area (TPSA) is 58.1 Å². The summed E-state index contributed by atoms with van der Waals surface area (Å²) in [6, 6.07) is 11.5. The van der Waals surface area contributed by atoms with Crippen molar-refractivity contribution >= 4 is 17.5 Å². The average Bonchev–Trinajstić information content (AvgIpc) is 2.53. The standard InChI is InChI=1S/C17H22N4O/c1-5-12(2)18-17-19-13(3)11-15(20-17)16(22)21(4)14-9-7-6-8-10-14/h6-12H,5H2,1-4H3,(H,18,19,20). The summed E-state index contributed by atoms with van der Waals surface area (Å²) < 4.78 is 0. The summed E-state index contributed by atoms with van der Waals surface area (Å²) in [5.41, 5.74) is 2.00. The van der Waals surface area contributed by atoms with Gasteiger partial charge in [-0.1, -0.05) is 25.1 Å². The first-order valence-electron chi connectivity index (χ1n) is 7.46. The Kier molecular flexibility index (Phi) is 5.09. The molecular weight excluding hydrogens is 276 g/mol. The van der Waals surface area contributed by atoms with Gasteiger partial charge in [0.25, 0.3) is 5.91 Å². The molecule has 22 heavy (non-hydrogen) atoms. The second-order valence-corrected chi connectivity index (χ2v) is 5.37. The number of hydrogen-bond acceptors (Lipinski definition) is 4. The zero-order chi connectivity index (χ0) is 16.1. The van der Waals surface area contributed by atoms with E-state index in [1.54, 1.807) is 18.0 Å². The van der Waals surface area contributed by atoms with Gasteiger partial charge in [-0.2, -0.15) is 0 Å². The number of rotatable bonds is 5. The Morgan fingerprint density at radius 1 is 1.27 bits per heavy atom. The number of para-hydroxylation sites is 1. The van der Waals surface area contributed by atoms with Crippen LogP contribution in [0, 0.1) is 6.92 Å². The van der Waals surface area contributed by atoms with E-state index in [-0.39, 0.29) is 11.9 Å². The summed E-state index contributed by atoms with van der Waals surface area (Å²) in [4.78, 5) is 22.9. The average molecular weight is 298 g/mol. The molecule has 116 valence electrons. The van der Waals surface area contributed by atoms with Crippen molar-refractivity contribution in [2.75, 3.05) is 17.3 Å². The minimum absolute atomic E-state index is 0.149. The van der Waals surface area contributed by atoms with Gasteiger partial charge in [-0.3, -0.25) is 4.79 Å². The molecule has 0 saturated carbocycles. The normalized spacial score (nSPS) is 11.8. The fourth-order valence-corrected chi connectivity index (χ4v) is 2.01. The van der Waals surface area contributed by atoms with E-state index in [4.69, 9.17) is 0 Å². The van der Waals surface area contributed by atoms with Crippen LogP contribution in [-0.4, -0.2) is 29.0 Å². The summed E-state index contributed by atoms with van der Waals surface area (Å²) in [5.74, 6) is 0.350. The van der Waals surface area contributed by atoms with E-state index in [2.05, 4.69) is 29.1 Å². The van der Waals surface area contributed by atoms with E-state index in [0.29, 0.717) is 11.6 Å². The van der Waals surface area contributed by atoms with Crippen molar-refractivity contribution in [3.63, 3.8) is 0 Å². The Bertz CT molecular complexity index is 642. The Balaban J connectivity index is 2.26. The van der Waals surface area contributed by atoms with Gasteiger partial charge in [0.1, 0.15) is 5.69 Å². The van der Waals surface area contributed by atoms with Crippen LogP contribution in [0.3, 0.4) is 0 Å². The summed E-state index contributed by atoms with van der Waals surface area (Å²) >= 11 is 0. The molecule has 1 aromatic heterocycles. The number of amides is 1. The third-order valence-corrected chi connectivity index (χ3v) is 3.51. The van der Waals surface area contributed by atoms with Gasteiger partial charge in [0.05, 0.1) is 0 Å². The minimum Gasteiger partial charge on any atom is -0.352 e. The van der Waals surface area contributed by atoms with Gasteiger partial charge in [-0.25, -0.2) is 9.97 Å². The van der Waals surface area contributed by atoms with Crippen molar-refractivity contribution in [1.29, 1.82) is 0 Å². The second-order valence-electron chi connectivity index (χ2n) is 5.37. The Labute approximate surface area is 131 Å². The van der Waals surface area contributed by atoms with Crippen LogP contribution >= 0.6 is 0 Å². The first kappa shape index (κ1) is 15.9. The number of carbonyl (C=O) groups is 1. The lowest BCUT2D eigenvalue weighted by Gasteiger charge is -2.18. The van der Waals surface area contributed by atoms with Crippen LogP contribution in [0.25, 0.3) is 0 Å². The van der Waals surface area contributed by atoms with Gasteiger partial charge in [0.2, 0.25) is 5.95 Å². The van der Waals surface area contributed by atoms with Gasteiger partial charge in [0, 0.05) is 24.5 Å². The van der Waals surface area contributed by atoms with Crippen molar-refractivity contribution in [1.82, 2.24) is 9.97 Å². The molecule has 5 heteroatoms. The lowest BCUT2D eigenvalue weighted by atomic mass is 10.2. The summed E-state index contributed by atoms with van der Waals surface area (Å²) in [6.45, 7) is 6.01. The van der Waals surface area contributed by atoms with E-state index < -0.39 is 0 Å². The lowest BCUT2D eigenvalue weighted by Crippen LogP contribution is -2.28. The van der Waals surface area contributed by atoms with Gasteiger partial charge in [-0.05, 0) is 38.5 Å². The molecule has 1 heterocycles. The van der Waals surface area contributed by atoms with Crippen LogP contribution < -0.4 is 10.2 Å². The van der Waals surface area contributed by atoms with Crippen LogP contribution in [0.1, 0.15) is 36.5 Å². The molecule has 1 amide bonds. The van der Waals surface area contributed by atoms with Crippen LogP contribution in [0.15, 0.2) is 36.4 Å². The first-order chi connectivity index (χ1) is 10.5. The summed E-state index contributed by atoms with van der Waals surface area (Å²) in [7, 11) is 1.75. The molecule has 0 saturated heterocycles. The number of aromatic nitrogens is 2. The van der Waals surface area contributed by atoms with Gasteiger partial charge in [0.15, 0.2) is 0 Å². The van der Waals surface area contributed by atoms with Crippen molar-refractivity contribution in [3.8, 4) is 0 Å². The molecule has 1 unspecified atom stereocenters. The van der Waals surface area contributed by atoms with E-state index in [1.807, 2.05) is 37.3 Å². The molecule has 1 N–H and O–H groups in total. The highest BCUT2D eigenvalue weighted by Crippen LogP contribution is 2.15. The maximum absolute atomic E-state index is 12.6. The highest BCUT2D eigenvalue weighted by atomic mass is 16.2. The van der Waals surface area contributed by atoms with Crippen molar-refractivity contribution in [2.24, 2.45) is 0 Å². The molecular formula is C17H22N4O. The molecule has 0 radical (unpaired) electrons. The third kappa shape index (κ3) is 3.81. The molecule has 0 aliphatic heterocycles. The number of hydrogen-bond donors (Lipinski definition) is 1. The minimum atomic E-state index is -0.149. The molecule has 0 spiro atoms. The predicted octanol–water partition coefficient (Wildman–Crippen LogP) is 3.27. The molecule has 2 aromatic rings. The maximum atomic E-state index is 12.6. The van der Waals surface area contributed by atoms with E-state index >= 15 is 0 Å².